The number of hydrogen-bond donors (Lipinski definition) is 2. The largest absolute Gasteiger partial charge is 0.390 e. The van der Waals surface area contributed by atoms with Crippen LogP contribution in [0.25, 0.3) is 0 Å². The molecular weight excluding hydrogens is 212 g/mol. The third-order valence-corrected chi connectivity index (χ3v) is 3.80. The Morgan fingerprint density at radius 2 is 1.65 bits per heavy atom. The van der Waals surface area contributed by atoms with Crippen LogP contribution in [0.5, 0.6) is 0 Å². The summed E-state index contributed by atoms with van der Waals surface area (Å²) in [7, 11) is 0. The maximum Gasteiger partial charge on any atom is 0.0908 e. The Morgan fingerprint density at radius 1 is 1.12 bits per heavy atom. The first-order valence-corrected chi connectivity index (χ1v) is 6.47. The summed E-state index contributed by atoms with van der Waals surface area (Å²) in [6.07, 6.45) is 3.45. The predicted octanol–water partition coefficient (Wildman–Crippen LogP) is 2.51. The molecule has 0 radical (unpaired) electrons. The van der Waals surface area contributed by atoms with Gasteiger partial charge in [-0.1, -0.05) is 42.2 Å². The van der Waals surface area contributed by atoms with E-state index in [1.54, 1.807) is 0 Å². The first kappa shape index (κ1) is 12.6. The van der Waals surface area contributed by atoms with E-state index in [0.29, 0.717) is 6.42 Å². The van der Waals surface area contributed by atoms with Crippen LogP contribution in [0.15, 0.2) is 18.2 Å². The number of hydrogen-bond acceptors (Lipinski definition) is 2. The second kappa shape index (κ2) is 4.79. The Morgan fingerprint density at radius 3 is 2.18 bits per heavy atom. The molecule has 1 aromatic carbocycles. The molecule has 17 heavy (non-hydrogen) atoms. The lowest BCUT2D eigenvalue weighted by atomic mass is 9.89. The minimum absolute atomic E-state index is 0.555. The third kappa shape index (κ3) is 2.88. The zero-order chi connectivity index (χ0) is 12.5. The molecule has 94 valence electrons. The molecule has 1 aliphatic rings. The molecule has 2 rings (SSSR count). The van der Waals surface area contributed by atoms with Gasteiger partial charge in [0.05, 0.1) is 11.7 Å². The molecule has 1 unspecified atom stereocenters. The van der Waals surface area contributed by atoms with Gasteiger partial charge in [-0.25, -0.2) is 0 Å². The first-order valence-electron chi connectivity index (χ1n) is 6.47. The normalized spacial score (nSPS) is 20.5. The summed E-state index contributed by atoms with van der Waals surface area (Å²) < 4.78 is 0. The smallest absolute Gasteiger partial charge is 0.0908 e. The van der Waals surface area contributed by atoms with Crippen LogP contribution < -0.4 is 0 Å². The van der Waals surface area contributed by atoms with Crippen LogP contribution in [0.1, 0.15) is 42.4 Å². The topological polar surface area (TPSA) is 40.5 Å². The van der Waals surface area contributed by atoms with Crippen LogP contribution in [0, 0.1) is 13.8 Å². The average molecular weight is 234 g/mol. The molecule has 0 heterocycles. The highest BCUT2D eigenvalue weighted by Gasteiger charge is 2.38. The lowest BCUT2D eigenvalue weighted by molar-refractivity contribution is -0.0689. The molecule has 1 fully saturated rings. The van der Waals surface area contributed by atoms with Crippen LogP contribution in [-0.2, 0) is 6.42 Å². The van der Waals surface area contributed by atoms with Crippen molar-refractivity contribution >= 4 is 0 Å². The SMILES string of the molecule is Cc1cc(C)cc(CC(O)C2(O)CCCC2)c1. The quantitative estimate of drug-likeness (QED) is 0.843. The molecule has 1 aliphatic carbocycles. The lowest BCUT2D eigenvalue weighted by Gasteiger charge is -2.28. The van der Waals surface area contributed by atoms with Gasteiger partial charge in [-0.2, -0.15) is 0 Å². The summed E-state index contributed by atoms with van der Waals surface area (Å²) in [5, 5.41) is 20.5. The fourth-order valence-corrected chi connectivity index (χ4v) is 2.92. The second-order valence-electron chi connectivity index (χ2n) is 5.53. The lowest BCUT2D eigenvalue weighted by Crippen LogP contribution is -2.40. The maximum atomic E-state index is 10.3. The Labute approximate surface area is 103 Å². The van der Waals surface area contributed by atoms with Crippen molar-refractivity contribution in [2.24, 2.45) is 0 Å². The van der Waals surface area contributed by atoms with Gasteiger partial charge in [-0.05, 0) is 32.3 Å². The van der Waals surface area contributed by atoms with Gasteiger partial charge in [0.15, 0.2) is 0 Å². The Bertz CT molecular complexity index is 372. The summed E-state index contributed by atoms with van der Waals surface area (Å²) in [4.78, 5) is 0. The van der Waals surface area contributed by atoms with Crippen molar-refractivity contribution in [1.82, 2.24) is 0 Å². The summed E-state index contributed by atoms with van der Waals surface area (Å²) in [6.45, 7) is 4.13. The van der Waals surface area contributed by atoms with E-state index in [9.17, 15) is 10.2 Å². The van der Waals surface area contributed by atoms with Gasteiger partial charge in [0, 0.05) is 6.42 Å². The molecule has 2 heteroatoms. The van der Waals surface area contributed by atoms with E-state index < -0.39 is 11.7 Å². The Hall–Kier alpha value is -0.860. The van der Waals surface area contributed by atoms with Crippen molar-refractivity contribution in [1.29, 1.82) is 0 Å². The Balaban J connectivity index is 2.09. The van der Waals surface area contributed by atoms with E-state index in [2.05, 4.69) is 32.0 Å². The van der Waals surface area contributed by atoms with Gasteiger partial charge in [-0.15, -0.1) is 0 Å². The van der Waals surface area contributed by atoms with Crippen LogP contribution in [-0.4, -0.2) is 21.9 Å². The van der Waals surface area contributed by atoms with E-state index >= 15 is 0 Å². The van der Waals surface area contributed by atoms with Crippen molar-refractivity contribution in [3.05, 3.63) is 34.9 Å². The predicted molar refractivity (Wildman–Crippen MR) is 69.0 cm³/mol. The summed E-state index contributed by atoms with van der Waals surface area (Å²) in [5.41, 5.74) is 2.70. The number of aryl methyl sites for hydroxylation is 2. The van der Waals surface area contributed by atoms with Crippen LogP contribution >= 0.6 is 0 Å². The zero-order valence-corrected chi connectivity index (χ0v) is 10.7. The molecule has 0 aromatic heterocycles. The van der Waals surface area contributed by atoms with Gasteiger partial charge >= 0.3 is 0 Å². The molecule has 2 nitrogen and oxygen atoms in total. The van der Waals surface area contributed by atoms with E-state index in [1.165, 1.54) is 11.1 Å². The number of benzene rings is 1. The molecular formula is C15H22O2. The van der Waals surface area contributed by atoms with E-state index in [1.807, 2.05) is 0 Å². The van der Waals surface area contributed by atoms with Crippen LogP contribution in [0.4, 0.5) is 0 Å². The zero-order valence-electron chi connectivity index (χ0n) is 10.7. The van der Waals surface area contributed by atoms with Crippen molar-refractivity contribution in [3.63, 3.8) is 0 Å². The molecule has 1 aromatic rings. The minimum Gasteiger partial charge on any atom is -0.390 e. The van der Waals surface area contributed by atoms with Crippen molar-refractivity contribution in [3.8, 4) is 0 Å². The molecule has 0 aliphatic heterocycles. The molecule has 0 amide bonds. The summed E-state index contributed by atoms with van der Waals surface area (Å²) in [6, 6.07) is 6.31. The minimum atomic E-state index is -0.850. The highest BCUT2D eigenvalue weighted by atomic mass is 16.3. The van der Waals surface area contributed by atoms with Gasteiger partial charge in [-0.3, -0.25) is 0 Å². The number of rotatable bonds is 3. The van der Waals surface area contributed by atoms with Gasteiger partial charge in [0.2, 0.25) is 0 Å². The maximum absolute atomic E-state index is 10.3. The average Bonchev–Trinajstić information content (AvgIpc) is 2.64. The van der Waals surface area contributed by atoms with E-state index in [0.717, 1.165) is 31.2 Å². The standard InChI is InChI=1S/C15H22O2/c1-11-7-12(2)9-13(8-11)10-14(16)15(17)5-3-4-6-15/h7-9,14,16-17H,3-6,10H2,1-2H3. The van der Waals surface area contributed by atoms with Gasteiger partial charge in [0.25, 0.3) is 0 Å². The molecule has 0 saturated heterocycles. The van der Waals surface area contributed by atoms with Gasteiger partial charge in [0.1, 0.15) is 0 Å². The van der Waals surface area contributed by atoms with Crippen molar-refractivity contribution in [2.75, 3.05) is 0 Å². The van der Waals surface area contributed by atoms with Crippen molar-refractivity contribution in [2.45, 2.75) is 57.7 Å². The van der Waals surface area contributed by atoms with Crippen LogP contribution in [0.3, 0.4) is 0 Å². The third-order valence-electron chi connectivity index (χ3n) is 3.80. The second-order valence-corrected chi connectivity index (χ2v) is 5.53. The number of aliphatic hydroxyl groups excluding tert-OH is 1. The van der Waals surface area contributed by atoms with E-state index in [-0.39, 0.29) is 0 Å². The molecule has 0 spiro atoms. The molecule has 1 atom stereocenters. The summed E-state index contributed by atoms with van der Waals surface area (Å²) >= 11 is 0. The molecule has 2 N–H and O–H groups in total. The van der Waals surface area contributed by atoms with Crippen molar-refractivity contribution < 1.29 is 10.2 Å². The first-order chi connectivity index (χ1) is 7.99. The molecule has 0 bridgehead atoms. The Kier molecular flexibility index (Phi) is 3.55. The highest BCUT2D eigenvalue weighted by molar-refractivity contribution is 5.29. The fourth-order valence-electron chi connectivity index (χ4n) is 2.92. The fraction of sp³-hybridized carbons (Fsp3) is 0.600. The highest BCUT2D eigenvalue weighted by Crippen LogP contribution is 2.33. The van der Waals surface area contributed by atoms with Crippen LogP contribution in [0.2, 0.25) is 0 Å². The van der Waals surface area contributed by atoms with Gasteiger partial charge < -0.3 is 10.2 Å². The molecule has 1 saturated carbocycles. The monoisotopic (exact) mass is 234 g/mol. The van der Waals surface area contributed by atoms with E-state index in [4.69, 9.17) is 0 Å². The number of aliphatic hydroxyl groups is 2. The summed E-state index contributed by atoms with van der Waals surface area (Å²) in [5.74, 6) is 0.